The smallest absolute Gasteiger partial charge is 0.208 e. The standard InChI is InChI=1S/C20H22FN7OS/c1-13-24-18(26-20-23-10-16(30-20)15-4-2-3-5-22-15)17(21)19(25-13)28-8-6-27(7-9-28)14-11-29-12-14/h2-5,10,14H,6-9,11-12H2,1H3,(H,23,24,25,26). The Balaban J connectivity index is 1.33. The Morgan fingerprint density at radius 1 is 1.13 bits per heavy atom. The summed E-state index contributed by atoms with van der Waals surface area (Å²) < 4.78 is 20.6. The summed E-state index contributed by atoms with van der Waals surface area (Å²) in [6, 6.07) is 6.20. The molecule has 2 fully saturated rings. The molecule has 0 saturated carbocycles. The number of nitrogens with zero attached hydrogens (tertiary/aromatic N) is 6. The van der Waals surface area contributed by atoms with Crippen molar-refractivity contribution >= 4 is 28.1 Å². The summed E-state index contributed by atoms with van der Waals surface area (Å²) in [7, 11) is 0. The summed E-state index contributed by atoms with van der Waals surface area (Å²) in [6.45, 7) is 6.57. The van der Waals surface area contributed by atoms with Crippen molar-refractivity contribution in [3.05, 3.63) is 42.2 Å². The Kier molecular flexibility index (Phi) is 5.28. The monoisotopic (exact) mass is 427 g/mol. The van der Waals surface area contributed by atoms with Crippen LogP contribution in [0.15, 0.2) is 30.6 Å². The predicted molar refractivity (Wildman–Crippen MR) is 114 cm³/mol. The normalized spacial score (nSPS) is 17.7. The molecule has 5 rings (SSSR count). The minimum atomic E-state index is -0.449. The van der Waals surface area contributed by atoms with Crippen molar-refractivity contribution in [1.82, 2.24) is 24.8 Å². The van der Waals surface area contributed by atoms with Crippen molar-refractivity contribution in [2.75, 3.05) is 49.6 Å². The van der Waals surface area contributed by atoms with E-state index in [0.29, 0.717) is 22.8 Å². The zero-order valence-electron chi connectivity index (χ0n) is 16.6. The highest BCUT2D eigenvalue weighted by molar-refractivity contribution is 7.18. The number of halogens is 1. The van der Waals surface area contributed by atoms with Gasteiger partial charge in [-0.15, -0.1) is 0 Å². The van der Waals surface area contributed by atoms with Crippen LogP contribution < -0.4 is 10.2 Å². The first kappa shape index (κ1) is 19.3. The molecule has 0 spiro atoms. The van der Waals surface area contributed by atoms with E-state index < -0.39 is 5.82 Å². The van der Waals surface area contributed by atoms with Gasteiger partial charge >= 0.3 is 0 Å². The van der Waals surface area contributed by atoms with Gasteiger partial charge in [0.25, 0.3) is 0 Å². The molecule has 0 atom stereocenters. The molecule has 1 N–H and O–H groups in total. The first-order valence-electron chi connectivity index (χ1n) is 9.92. The summed E-state index contributed by atoms with van der Waals surface area (Å²) >= 11 is 1.41. The molecule has 2 aliphatic rings. The van der Waals surface area contributed by atoms with Crippen molar-refractivity contribution in [3.8, 4) is 10.6 Å². The second kappa shape index (κ2) is 8.21. The summed E-state index contributed by atoms with van der Waals surface area (Å²) in [4.78, 5) is 22.6. The van der Waals surface area contributed by atoms with Gasteiger partial charge in [-0.2, -0.15) is 4.39 Å². The van der Waals surface area contributed by atoms with Gasteiger partial charge in [-0.1, -0.05) is 17.4 Å². The Bertz CT molecular complexity index is 1020. The summed E-state index contributed by atoms with van der Waals surface area (Å²) in [5, 5.41) is 3.59. The van der Waals surface area contributed by atoms with Crippen LogP contribution in [0.5, 0.6) is 0 Å². The van der Waals surface area contributed by atoms with Crippen molar-refractivity contribution in [2.45, 2.75) is 13.0 Å². The quantitative estimate of drug-likeness (QED) is 0.666. The van der Waals surface area contributed by atoms with Crippen LogP contribution >= 0.6 is 11.3 Å². The Hall–Kier alpha value is -2.69. The average Bonchev–Trinajstić information content (AvgIpc) is 3.19. The Morgan fingerprint density at radius 3 is 2.67 bits per heavy atom. The van der Waals surface area contributed by atoms with E-state index >= 15 is 4.39 Å². The van der Waals surface area contributed by atoms with E-state index in [1.54, 1.807) is 19.3 Å². The Morgan fingerprint density at radius 2 is 1.97 bits per heavy atom. The van der Waals surface area contributed by atoms with Crippen LogP contribution in [0.3, 0.4) is 0 Å². The second-order valence-electron chi connectivity index (χ2n) is 7.34. The number of piperazine rings is 1. The molecule has 0 aliphatic carbocycles. The molecule has 3 aromatic rings. The lowest BCUT2D eigenvalue weighted by Gasteiger charge is -2.42. The number of pyridine rings is 1. The van der Waals surface area contributed by atoms with Crippen LogP contribution in [-0.4, -0.2) is 70.3 Å². The van der Waals surface area contributed by atoms with Crippen molar-refractivity contribution in [1.29, 1.82) is 0 Å². The highest BCUT2D eigenvalue weighted by Gasteiger charge is 2.30. The van der Waals surface area contributed by atoms with E-state index in [1.807, 2.05) is 23.1 Å². The number of anilines is 3. The SMILES string of the molecule is Cc1nc(Nc2ncc(-c3ccccn3)s2)c(F)c(N2CCN(C3COC3)CC2)n1. The minimum Gasteiger partial charge on any atom is -0.378 e. The number of nitrogens with one attached hydrogen (secondary N) is 1. The molecule has 8 nitrogen and oxygen atoms in total. The van der Waals surface area contributed by atoms with Gasteiger partial charge in [-0.05, 0) is 19.1 Å². The van der Waals surface area contributed by atoms with Gasteiger partial charge in [-0.25, -0.2) is 15.0 Å². The van der Waals surface area contributed by atoms with Gasteiger partial charge < -0.3 is 15.0 Å². The first-order chi connectivity index (χ1) is 14.7. The van der Waals surface area contributed by atoms with Crippen molar-refractivity contribution in [3.63, 3.8) is 0 Å². The molecule has 0 amide bonds. The molecule has 30 heavy (non-hydrogen) atoms. The fourth-order valence-electron chi connectivity index (χ4n) is 3.63. The second-order valence-corrected chi connectivity index (χ2v) is 8.37. The average molecular weight is 428 g/mol. The zero-order chi connectivity index (χ0) is 20.5. The zero-order valence-corrected chi connectivity index (χ0v) is 17.4. The van der Waals surface area contributed by atoms with Crippen LogP contribution in [0, 0.1) is 12.7 Å². The number of hydrogen-bond acceptors (Lipinski definition) is 9. The van der Waals surface area contributed by atoms with Gasteiger partial charge in [0.15, 0.2) is 16.8 Å². The topological polar surface area (TPSA) is 79.3 Å². The molecule has 5 heterocycles. The third-order valence-corrected chi connectivity index (χ3v) is 6.28. The van der Waals surface area contributed by atoms with Crippen LogP contribution in [0.2, 0.25) is 0 Å². The number of thiazole rings is 1. The lowest BCUT2D eigenvalue weighted by atomic mass is 10.2. The summed E-state index contributed by atoms with van der Waals surface area (Å²) in [5.41, 5.74) is 0.831. The van der Waals surface area contributed by atoms with Gasteiger partial charge in [0.05, 0.1) is 29.8 Å². The fraction of sp³-hybridized carbons (Fsp3) is 0.400. The number of aryl methyl sites for hydroxylation is 1. The van der Waals surface area contributed by atoms with E-state index in [9.17, 15) is 0 Å². The van der Waals surface area contributed by atoms with E-state index in [2.05, 4.69) is 30.2 Å². The van der Waals surface area contributed by atoms with E-state index in [-0.39, 0.29) is 5.82 Å². The van der Waals surface area contributed by atoms with Crippen LogP contribution in [0.1, 0.15) is 5.82 Å². The van der Waals surface area contributed by atoms with E-state index in [0.717, 1.165) is 50.0 Å². The molecule has 0 radical (unpaired) electrons. The molecule has 0 unspecified atom stereocenters. The molecule has 0 bridgehead atoms. The third kappa shape index (κ3) is 3.85. The number of aromatic nitrogens is 4. The maximum absolute atomic E-state index is 15.3. The maximum atomic E-state index is 15.3. The highest BCUT2D eigenvalue weighted by Crippen LogP contribution is 2.31. The molecule has 2 saturated heterocycles. The molecule has 0 aromatic carbocycles. The molecule has 156 valence electrons. The highest BCUT2D eigenvalue weighted by atomic mass is 32.1. The van der Waals surface area contributed by atoms with Crippen LogP contribution in [0.4, 0.5) is 21.2 Å². The summed E-state index contributed by atoms with van der Waals surface area (Å²) in [5.74, 6) is 0.561. The third-order valence-electron chi connectivity index (χ3n) is 5.34. The lowest BCUT2D eigenvalue weighted by Crippen LogP contribution is -2.56. The molecular weight excluding hydrogens is 405 g/mol. The van der Waals surface area contributed by atoms with Crippen molar-refractivity contribution in [2.24, 2.45) is 0 Å². The maximum Gasteiger partial charge on any atom is 0.208 e. The van der Waals surface area contributed by atoms with Gasteiger partial charge in [0, 0.05) is 38.6 Å². The van der Waals surface area contributed by atoms with Gasteiger partial charge in [-0.3, -0.25) is 9.88 Å². The van der Waals surface area contributed by atoms with Crippen molar-refractivity contribution < 1.29 is 9.13 Å². The lowest BCUT2D eigenvalue weighted by molar-refractivity contribution is -0.0661. The van der Waals surface area contributed by atoms with E-state index in [4.69, 9.17) is 4.74 Å². The number of ether oxygens (including phenoxy) is 1. The minimum absolute atomic E-state index is 0.147. The first-order valence-corrected chi connectivity index (χ1v) is 10.7. The fourth-order valence-corrected chi connectivity index (χ4v) is 4.42. The largest absolute Gasteiger partial charge is 0.378 e. The van der Waals surface area contributed by atoms with Gasteiger partial charge in [0.2, 0.25) is 5.82 Å². The Labute approximate surface area is 177 Å². The summed E-state index contributed by atoms with van der Waals surface area (Å²) in [6.07, 6.45) is 3.46. The van der Waals surface area contributed by atoms with Gasteiger partial charge in [0.1, 0.15) is 5.82 Å². The number of rotatable bonds is 5. The number of hydrogen-bond donors (Lipinski definition) is 1. The molecule has 3 aromatic heterocycles. The van der Waals surface area contributed by atoms with Crippen LogP contribution in [-0.2, 0) is 4.74 Å². The predicted octanol–water partition coefficient (Wildman–Crippen LogP) is 2.71. The molecule has 10 heteroatoms. The molecular formula is C20H22FN7OS. The van der Waals surface area contributed by atoms with E-state index in [1.165, 1.54) is 11.3 Å². The van der Waals surface area contributed by atoms with Crippen LogP contribution in [0.25, 0.3) is 10.6 Å². The molecule has 2 aliphatic heterocycles.